The van der Waals surface area contributed by atoms with Crippen LogP contribution >= 0.6 is 0 Å². The van der Waals surface area contributed by atoms with Gasteiger partial charge in [0.05, 0.1) is 17.9 Å². The Kier molecular flexibility index (Phi) is 4.44. The zero-order valence-corrected chi connectivity index (χ0v) is 16.1. The quantitative estimate of drug-likeness (QED) is 0.538. The number of para-hydroxylation sites is 1. The van der Waals surface area contributed by atoms with E-state index in [0.717, 1.165) is 16.5 Å². The number of H-pyrrole nitrogens is 1. The van der Waals surface area contributed by atoms with Gasteiger partial charge in [-0.3, -0.25) is 9.59 Å². The summed E-state index contributed by atoms with van der Waals surface area (Å²) < 4.78 is 5.57. The van der Waals surface area contributed by atoms with E-state index in [1.807, 2.05) is 54.6 Å². The van der Waals surface area contributed by atoms with Crippen molar-refractivity contribution in [3.63, 3.8) is 0 Å². The Bertz CT molecular complexity index is 1250. The van der Waals surface area contributed by atoms with Crippen molar-refractivity contribution in [2.24, 2.45) is 0 Å². The number of benzene rings is 3. The second kappa shape index (κ2) is 7.40. The lowest BCUT2D eigenvalue weighted by Gasteiger charge is -2.29. The number of fused-ring (bicyclic) bond motifs is 2. The van der Waals surface area contributed by atoms with Crippen molar-refractivity contribution in [1.82, 2.24) is 4.98 Å². The summed E-state index contributed by atoms with van der Waals surface area (Å²) in [4.78, 5) is 30.3. The molecule has 4 aromatic rings. The summed E-state index contributed by atoms with van der Waals surface area (Å²) in [5.74, 6) is 0.204. The molecular weight excluding hydrogens is 378 g/mol. The molecule has 2 amide bonds. The van der Waals surface area contributed by atoms with Gasteiger partial charge in [-0.2, -0.15) is 0 Å². The Labute approximate surface area is 173 Å². The molecule has 5 rings (SSSR count). The largest absolute Gasteiger partial charge is 0.482 e. The molecule has 2 heterocycles. The minimum Gasteiger partial charge on any atom is -0.482 e. The highest BCUT2D eigenvalue weighted by molar-refractivity contribution is 6.10. The van der Waals surface area contributed by atoms with Gasteiger partial charge in [0.25, 0.3) is 11.8 Å². The number of hydrogen-bond acceptors (Lipinski definition) is 3. The molecule has 0 unspecified atom stereocenters. The molecule has 0 fully saturated rings. The Morgan fingerprint density at radius 1 is 1.03 bits per heavy atom. The third kappa shape index (κ3) is 3.28. The molecule has 0 radical (unpaired) electrons. The lowest BCUT2D eigenvalue weighted by atomic mass is 10.1. The molecule has 6 heteroatoms. The van der Waals surface area contributed by atoms with Crippen LogP contribution in [0.4, 0.5) is 11.4 Å². The monoisotopic (exact) mass is 397 g/mol. The standard InChI is InChI=1S/C24H19N3O3/c28-23-15-30-22-11-10-17(12-21(22)27(23)14-16-6-2-1-3-7-16)24(29)26-20-13-25-19-9-5-4-8-18(19)20/h1-13,25H,14-15H2,(H,26,29). The average molecular weight is 397 g/mol. The molecule has 148 valence electrons. The van der Waals surface area contributed by atoms with Crippen LogP contribution in [0.2, 0.25) is 0 Å². The normalized spacial score (nSPS) is 13.1. The second-order valence-electron chi connectivity index (χ2n) is 7.14. The Morgan fingerprint density at radius 2 is 1.83 bits per heavy atom. The number of nitrogens with zero attached hydrogens (tertiary/aromatic N) is 1. The molecule has 0 aliphatic carbocycles. The number of carbonyl (C=O) groups excluding carboxylic acids is 2. The fourth-order valence-electron chi connectivity index (χ4n) is 3.65. The summed E-state index contributed by atoms with van der Waals surface area (Å²) in [6.07, 6.45) is 1.77. The van der Waals surface area contributed by atoms with E-state index in [4.69, 9.17) is 4.74 Å². The third-order valence-corrected chi connectivity index (χ3v) is 5.19. The van der Waals surface area contributed by atoms with Gasteiger partial charge in [0.1, 0.15) is 5.75 Å². The highest BCUT2D eigenvalue weighted by atomic mass is 16.5. The number of amides is 2. The van der Waals surface area contributed by atoms with Gasteiger partial charge < -0.3 is 19.9 Å². The fourth-order valence-corrected chi connectivity index (χ4v) is 3.65. The van der Waals surface area contributed by atoms with Gasteiger partial charge in [0, 0.05) is 22.7 Å². The van der Waals surface area contributed by atoms with E-state index in [1.165, 1.54) is 0 Å². The molecule has 1 aliphatic heterocycles. The summed E-state index contributed by atoms with van der Waals surface area (Å²) in [6.45, 7) is 0.407. The third-order valence-electron chi connectivity index (χ3n) is 5.19. The molecule has 0 saturated heterocycles. The Morgan fingerprint density at radius 3 is 2.70 bits per heavy atom. The van der Waals surface area contributed by atoms with Crippen LogP contribution in [-0.4, -0.2) is 23.4 Å². The van der Waals surface area contributed by atoms with E-state index in [0.29, 0.717) is 29.2 Å². The molecule has 0 saturated carbocycles. The van der Waals surface area contributed by atoms with E-state index in [1.54, 1.807) is 29.3 Å². The summed E-state index contributed by atoms with van der Waals surface area (Å²) in [5.41, 5.74) is 3.72. The molecule has 1 aromatic heterocycles. The Balaban J connectivity index is 1.44. The number of aromatic nitrogens is 1. The van der Waals surface area contributed by atoms with Crippen LogP contribution in [0.3, 0.4) is 0 Å². The van der Waals surface area contributed by atoms with Crippen LogP contribution in [0.1, 0.15) is 15.9 Å². The summed E-state index contributed by atoms with van der Waals surface area (Å²) in [5, 5.41) is 3.89. The molecule has 0 atom stereocenters. The maximum Gasteiger partial charge on any atom is 0.265 e. The van der Waals surface area contributed by atoms with Crippen LogP contribution in [0.25, 0.3) is 10.9 Å². The molecule has 1 aliphatic rings. The lowest BCUT2D eigenvalue weighted by Crippen LogP contribution is -2.38. The summed E-state index contributed by atoms with van der Waals surface area (Å²) in [6, 6.07) is 22.7. The van der Waals surface area contributed by atoms with Gasteiger partial charge in [-0.1, -0.05) is 48.5 Å². The highest BCUT2D eigenvalue weighted by Crippen LogP contribution is 2.34. The fraction of sp³-hybridized carbons (Fsp3) is 0.0833. The van der Waals surface area contributed by atoms with Crippen LogP contribution in [-0.2, 0) is 11.3 Å². The maximum atomic E-state index is 12.9. The van der Waals surface area contributed by atoms with Crippen LogP contribution in [0.5, 0.6) is 5.75 Å². The van der Waals surface area contributed by atoms with Crippen molar-refractivity contribution >= 4 is 34.1 Å². The molecular formula is C24H19N3O3. The van der Waals surface area contributed by atoms with Gasteiger partial charge >= 0.3 is 0 Å². The van der Waals surface area contributed by atoms with Gasteiger partial charge in [0.2, 0.25) is 0 Å². The number of aromatic amines is 1. The molecule has 0 bridgehead atoms. The Hall–Kier alpha value is -4.06. The first-order valence-corrected chi connectivity index (χ1v) is 9.68. The SMILES string of the molecule is O=C(Nc1c[nH]c2ccccc12)c1ccc2c(c1)N(Cc1ccccc1)C(=O)CO2. The van der Waals surface area contributed by atoms with Gasteiger partial charge in [-0.25, -0.2) is 0 Å². The number of hydrogen-bond donors (Lipinski definition) is 2. The van der Waals surface area contributed by atoms with Crippen LogP contribution in [0, 0.1) is 0 Å². The first-order valence-electron chi connectivity index (χ1n) is 9.68. The molecule has 0 spiro atoms. The van der Waals surface area contributed by atoms with Crippen molar-refractivity contribution in [2.75, 3.05) is 16.8 Å². The lowest BCUT2D eigenvalue weighted by molar-refractivity contribution is -0.121. The zero-order valence-electron chi connectivity index (χ0n) is 16.1. The minimum atomic E-state index is -0.250. The van der Waals surface area contributed by atoms with E-state index >= 15 is 0 Å². The van der Waals surface area contributed by atoms with E-state index < -0.39 is 0 Å². The number of anilines is 2. The topological polar surface area (TPSA) is 74.4 Å². The minimum absolute atomic E-state index is 0.0132. The van der Waals surface area contributed by atoms with Crippen molar-refractivity contribution in [3.8, 4) is 5.75 Å². The van der Waals surface area contributed by atoms with E-state index in [-0.39, 0.29) is 18.4 Å². The molecule has 6 nitrogen and oxygen atoms in total. The van der Waals surface area contributed by atoms with Crippen LogP contribution in [0.15, 0.2) is 79.0 Å². The van der Waals surface area contributed by atoms with E-state index in [2.05, 4.69) is 10.3 Å². The van der Waals surface area contributed by atoms with Crippen molar-refractivity contribution in [2.45, 2.75) is 6.54 Å². The molecule has 3 aromatic carbocycles. The number of ether oxygens (including phenoxy) is 1. The number of carbonyl (C=O) groups is 2. The smallest absolute Gasteiger partial charge is 0.265 e. The first-order chi connectivity index (χ1) is 14.7. The van der Waals surface area contributed by atoms with E-state index in [9.17, 15) is 9.59 Å². The summed E-state index contributed by atoms with van der Waals surface area (Å²) >= 11 is 0. The molecule has 30 heavy (non-hydrogen) atoms. The average Bonchev–Trinajstić information content (AvgIpc) is 3.19. The van der Waals surface area contributed by atoms with Crippen molar-refractivity contribution in [3.05, 3.63) is 90.1 Å². The van der Waals surface area contributed by atoms with Gasteiger partial charge in [-0.15, -0.1) is 0 Å². The van der Waals surface area contributed by atoms with Gasteiger partial charge in [0.15, 0.2) is 6.61 Å². The van der Waals surface area contributed by atoms with Crippen LogP contribution < -0.4 is 15.0 Å². The molecule has 2 N–H and O–H groups in total. The predicted molar refractivity (Wildman–Crippen MR) is 116 cm³/mol. The predicted octanol–water partition coefficient (Wildman–Crippen LogP) is 4.35. The number of rotatable bonds is 4. The highest BCUT2D eigenvalue weighted by Gasteiger charge is 2.27. The first kappa shape index (κ1) is 18.0. The van der Waals surface area contributed by atoms with Crippen molar-refractivity contribution < 1.29 is 14.3 Å². The zero-order chi connectivity index (χ0) is 20.5. The van der Waals surface area contributed by atoms with Crippen molar-refractivity contribution in [1.29, 1.82) is 0 Å². The van der Waals surface area contributed by atoms with Gasteiger partial charge in [-0.05, 0) is 29.8 Å². The number of nitrogens with one attached hydrogen (secondary N) is 2. The summed E-state index contributed by atoms with van der Waals surface area (Å²) in [7, 11) is 0. The maximum absolute atomic E-state index is 12.9. The second-order valence-corrected chi connectivity index (χ2v) is 7.14.